The summed E-state index contributed by atoms with van der Waals surface area (Å²) in [6.07, 6.45) is 2.03. The first kappa shape index (κ1) is 14.9. The molecule has 1 atom stereocenters. The van der Waals surface area contributed by atoms with Crippen LogP contribution in [0.1, 0.15) is 24.4 Å². The largest absolute Gasteiger partial charge is 0.454 e. The molecule has 0 spiro atoms. The van der Waals surface area contributed by atoms with Gasteiger partial charge in [0.1, 0.15) is 0 Å². The summed E-state index contributed by atoms with van der Waals surface area (Å²) >= 11 is 3.57. The van der Waals surface area contributed by atoms with Gasteiger partial charge < -0.3 is 19.9 Å². The number of halogens is 2. The van der Waals surface area contributed by atoms with Crippen LogP contribution in [-0.2, 0) is 4.74 Å². The Morgan fingerprint density at radius 1 is 1.16 bits per heavy atom. The summed E-state index contributed by atoms with van der Waals surface area (Å²) in [4.78, 5) is 0. The molecule has 0 aliphatic carbocycles. The van der Waals surface area contributed by atoms with E-state index in [-0.39, 0.29) is 25.2 Å². The van der Waals surface area contributed by atoms with Crippen molar-refractivity contribution in [2.75, 3.05) is 20.0 Å². The Hall–Kier alpha value is -0.490. The summed E-state index contributed by atoms with van der Waals surface area (Å²) in [6, 6.07) is 3.95. The zero-order valence-electron chi connectivity index (χ0n) is 10.4. The van der Waals surface area contributed by atoms with Gasteiger partial charge in [-0.05, 0) is 36.5 Å². The molecule has 1 saturated heterocycles. The minimum atomic E-state index is 0. The quantitative estimate of drug-likeness (QED) is 0.891. The maximum absolute atomic E-state index is 6.38. The molecule has 19 heavy (non-hydrogen) atoms. The first-order chi connectivity index (χ1) is 8.75. The first-order valence-electron chi connectivity index (χ1n) is 6.18. The van der Waals surface area contributed by atoms with Crippen LogP contribution in [0.15, 0.2) is 16.6 Å². The smallest absolute Gasteiger partial charge is 0.231 e. The molecule has 0 saturated carbocycles. The van der Waals surface area contributed by atoms with E-state index in [0.29, 0.717) is 5.92 Å². The van der Waals surface area contributed by atoms with Crippen molar-refractivity contribution in [3.63, 3.8) is 0 Å². The van der Waals surface area contributed by atoms with Gasteiger partial charge in [-0.15, -0.1) is 12.4 Å². The maximum atomic E-state index is 6.38. The van der Waals surface area contributed by atoms with Crippen molar-refractivity contribution >= 4 is 28.3 Å². The van der Waals surface area contributed by atoms with E-state index in [1.54, 1.807) is 0 Å². The Balaban J connectivity index is 0.00000133. The summed E-state index contributed by atoms with van der Waals surface area (Å²) in [6.45, 7) is 1.90. The zero-order chi connectivity index (χ0) is 12.5. The van der Waals surface area contributed by atoms with Crippen LogP contribution in [0.2, 0.25) is 0 Å². The Kier molecular flexibility index (Phi) is 4.95. The average Bonchev–Trinajstić information content (AvgIpc) is 2.85. The van der Waals surface area contributed by atoms with Gasteiger partial charge in [-0.3, -0.25) is 0 Å². The van der Waals surface area contributed by atoms with Gasteiger partial charge in [-0.1, -0.05) is 15.9 Å². The van der Waals surface area contributed by atoms with Gasteiger partial charge in [-0.2, -0.15) is 0 Å². The summed E-state index contributed by atoms with van der Waals surface area (Å²) < 4.78 is 17.1. The van der Waals surface area contributed by atoms with Gasteiger partial charge in [-0.25, -0.2) is 0 Å². The zero-order valence-corrected chi connectivity index (χ0v) is 12.8. The van der Waals surface area contributed by atoms with E-state index in [1.165, 1.54) is 0 Å². The lowest BCUT2D eigenvalue weighted by molar-refractivity contribution is 0.0583. The number of hydrogen-bond donors (Lipinski definition) is 1. The molecule has 6 heteroatoms. The highest BCUT2D eigenvalue weighted by Gasteiger charge is 2.26. The van der Waals surface area contributed by atoms with E-state index in [4.69, 9.17) is 19.9 Å². The van der Waals surface area contributed by atoms with Crippen LogP contribution >= 0.6 is 28.3 Å². The highest BCUT2D eigenvalue weighted by Crippen LogP contribution is 2.41. The lowest BCUT2D eigenvalue weighted by atomic mass is 9.87. The minimum Gasteiger partial charge on any atom is -0.454 e. The minimum absolute atomic E-state index is 0. The summed E-state index contributed by atoms with van der Waals surface area (Å²) in [5, 5.41) is 0. The van der Waals surface area contributed by atoms with Crippen LogP contribution < -0.4 is 15.2 Å². The second-order valence-electron chi connectivity index (χ2n) is 4.70. The number of fused-ring (bicyclic) bond motifs is 1. The van der Waals surface area contributed by atoms with Crippen molar-refractivity contribution in [1.82, 2.24) is 0 Å². The Bertz CT molecular complexity index is 452. The fraction of sp³-hybridized carbons (Fsp3) is 0.538. The van der Waals surface area contributed by atoms with Crippen molar-refractivity contribution in [2.24, 2.45) is 11.7 Å². The molecule has 3 rings (SSSR count). The molecule has 1 fully saturated rings. The predicted octanol–water partition coefficient (Wildman–Crippen LogP) is 3.03. The highest BCUT2D eigenvalue weighted by atomic mass is 79.9. The van der Waals surface area contributed by atoms with Crippen molar-refractivity contribution in [1.29, 1.82) is 0 Å². The topological polar surface area (TPSA) is 53.7 Å². The summed E-state index contributed by atoms with van der Waals surface area (Å²) in [5.74, 6) is 2.04. The van der Waals surface area contributed by atoms with Crippen LogP contribution in [0.3, 0.4) is 0 Å². The van der Waals surface area contributed by atoms with Crippen molar-refractivity contribution < 1.29 is 14.2 Å². The SMILES string of the molecule is Cl.N[C@@H](c1cc2c(cc1Br)OCO2)C1CCOCC1. The lowest BCUT2D eigenvalue weighted by Gasteiger charge is -2.28. The lowest BCUT2D eigenvalue weighted by Crippen LogP contribution is -2.27. The Morgan fingerprint density at radius 2 is 1.79 bits per heavy atom. The predicted molar refractivity (Wildman–Crippen MR) is 78.0 cm³/mol. The molecule has 2 heterocycles. The third kappa shape index (κ3) is 2.99. The molecular weight excluding hydrogens is 334 g/mol. The number of ether oxygens (including phenoxy) is 3. The normalized spacial score (nSPS) is 19.9. The van der Waals surface area contributed by atoms with Crippen LogP contribution in [0.25, 0.3) is 0 Å². The fourth-order valence-corrected chi connectivity index (χ4v) is 3.10. The number of nitrogens with two attached hydrogens (primary N) is 1. The molecule has 0 radical (unpaired) electrons. The molecule has 2 aliphatic rings. The number of rotatable bonds is 2. The third-order valence-electron chi connectivity index (χ3n) is 3.62. The molecule has 2 N–H and O–H groups in total. The average molecular weight is 351 g/mol. The molecule has 106 valence electrons. The van der Waals surface area contributed by atoms with E-state index in [1.807, 2.05) is 12.1 Å². The van der Waals surface area contributed by atoms with E-state index in [0.717, 1.165) is 47.6 Å². The Morgan fingerprint density at radius 3 is 2.47 bits per heavy atom. The standard InChI is InChI=1S/C13H16BrNO3.ClH/c14-10-6-12-11(17-7-18-12)5-9(10)13(15)8-1-3-16-4-2-8;/h5-6,8,13H,1-4,7,15H2;1H/t13-;/m1./s1. The first-order valence-corrected chi connectivity index (χ1v) is 6.97. The van der Waals surface area contributed by atoms with Crippen LogP contribution in [0.4, 0.5) is 0 Å². The van der Waals surface area contributed by atoms with Gasteiger partial charge in [0.15, 0.2) is 11.5 Å². The van der Waals surface area contributed by atoms with Crippen LogP contribution in [0.5, 0.6) is 11.5 Å². The molecular formula is C13H17BrClNO3. The van der Waals surface area contributed by atoms with Crippen molar-refractivity contribution in [2.45, 2.75) is 18.9 Å². The molecule has 0 unspecified atom stereocenters. The van der Waals surface area contributed by atoms with Crippen LogP contribution in [-0.4, -0.2) is 20.0 Å². The van der Waals surface area contributed by atoms with E-state index < -0.39 is 0 Å². The monoisotopic (exact) mass is 349 g/mol. The van der Waals surface area contributed by atoms with Gasteiger partial charge in [0.2, 0.25) is 6.79 Å². The van der Waals surface area contributed by atoms with Gasteiger partial charge in [0.25, 0.3) is 0 Å². The van der Waals surface area contributed by atoms with Crippen molar-refractivity contribution in [3.05, 3.63) is 22.2 Å². The van der Waals surface area contributed by atoms with Gasteiger partial charge in [0.05, 0.1) is 0 Å². The van der Waals surface area contributed by atoms with Crippen LogP contribution in [0, 0.1) is 5.92 Å². The van der Waals surface area contributed by atoms with E-state index >= 15 is 0 Å². The second-order valence-corrected chi connectivity index (χ2v) is 5.56. The van der Waals surface area contributed by atoms with E-state index in [2.05, 4.69) is 15.9 Å². The molecule has 1 aromatic carbocycles. The molecule has 4 nitrogen and oxygen atoms in total. The number of benzene rings is 1. The maximum Gasteiger partial charge on any atom is 0.231 e. The van der Waals surface area contributed by atoms with Gasteiger partial charge in [0, 0.05) is 23.7 Å². The molecule has 0 aromatic heterocycles. The van der Waals surface area contributed by atoms with Crippen molar-refractivity contribution in [3.8, 4) is 11.5 Å². The third-order valence-corrected chi connectivity index (χ3v) is 4.31. The second kappa shape index (κ2) is 6.31. The summed E-state index contributed by atoms with van der Waals surface area (Å²) in [7, 11) is 0. The Labute approximate surface area is 127 Å². The summed E-state index contributed by atoms with van der Waals surface area (Å²) in [5.41, 5.74) is 7.47. The number of hydrogen-bond acceptors (Lipinski definition) is 4. The highest BCUT2D eigenvalue weighted by molar-refractivity contribution is 9.10. The molecule has 1 aromatic rings. The fourth-order valence-electron chi connectivity index (χ4n) is 2.52. The molecule has 0 amide bonds. The van der Waals surface area contributed by atoms with E-state index in [9.17, 15) is 0 Å². The molecule has 0 bridgehead atoms. The van der Waals surface area contributed by atoms with Gasteiger partial charge >= 0.3 is 0 Å². The molecule has 2 aliphatic heterocycles.